The maximum Gasteiger partial charge on any atom is 0.321 e. The summed E-state index contributed by atoms with van der Waals surface area (Å²) in [6.45, 7) is 0. The first-order valence-corrected chi connectivity index (χ1v) is 4.03. The van der Waals surface area contributed by atoms with E-state index in [1.54, 1.807) is 25.5 Å². The first-order valence-electron chi connectivity index (χ1n) is 4.03. The SMILES string of the molecule is CN[C@H](Cc1cccnc1)C(=O)O. The highest BCUT2D eigenvalue weighted by molar-refractivity contribution is 5.73. The van der Waals surface area contributed by atoms with Crippen LogP contribution in [0.25, 0.3) is 0 Å². The molecule has 4 nitrogen and oxygen atoms in total. The molecule has 1 atom stereocenters. The van der Waals surface area contributed by atoms with Crippen molar-refractivity contribution in [3.8, 4) is 0 Å². The summed E-state index contributed by atoms with van der Waals surface area (Å²) in [5.41, 5.74) is 0.921. The number of aromatic nitrogens is 1. The minimum absolute atomic E-state index is 0.458. The lowest BCUT2D eigenvalue weighted by molar-refractivity contribution is -0.139. The van der Waals surface area contributed by atoms with Gasteiger partial charge in [-0.2, -0.15) is 0 Å². The Kier molecular flexibility index (Phi) is 3.40. The summed E-state index contributed by atoms with van der Waals surface area (Å²) in [6, 6.07) is 3.12. The van der Waals surface area contributed by atoms with E-state index >= 15 is 0 Å². The van der Waals surface area contributed by atoms with Crippen LogP contribution in [-0.2, 0) is 11.2 Å². The molecular formula is C9H12N2O2. The van der Waals surface area contributed by atoms with Gasteiger partial charge < -0.3 is 10.4 Å². The zero-order valence-electron chi connectivity index (χ0n) is 7.40. The smallest absolute Gasteiger partial charge is 0.321 e. The molecule has 0 aliphatic heterocycles. The fraction of sp³-hybridized carbons (Fsp3) is 0.333. The molecule has 0 saturated carbocycles. The van der Waals surface area contributed by atoms with Gasteiger partial charge in [-0.1, -0.05) is 6.07 Å². The Hall–Kier alpha value is -1.42. The summed E-state index contributed by atoms with van der Waals surface area (Å²) in [5.74, 6) is -0.841. The van der Waals surface area contributed by atoms with Crippen LogP contribution >= 0.6 is 0 Å². The molecule has 0 aromatic carbocycles. The van der Waals surface area contributed by atoms with Gasteiger partial charge in [0.25, 0.3) is 0 Å². The maximum absolute atomic E-state index is 10.7. The Bertz CT molecular complexity index is 274. The zero-order chi connectivity index (χ0) is 9.68. The van der Waals surface area contributed by atoms with Gasteiger partial charge in [0.2, 0.25) is 0 Å². The molecule has 70 valence electrons. The first kappa shape index (κ1) is 9.67. The minimum Gasteiger partial charge on any atom is -0.480 e. The number of rotatable bonds is 4. The fourth-order valence-corrected chi connectivity index (χ4v) is 1.07. The van der Waals surface area contributed by atoms with Crippen molar-refractivity contribution < 1.29 is 9.90 Å². The van der Waals surface area contributed by atoms with E-state index in [1.165, 1.54) is 0 Å². The van der Waals surface area contributed by atoms with Crippen LogP contribution in [0.1, 0.15) is 5.56 Å². The predicted molar refractivity (Wildman–Crippen MR) is 48.4 cm³/mol. The molecule has 13 heavy (non-hydrogen) atoms. The standard InChI is InChI=1S/C9H12N2O2/c1-10-8(9(12)13)5-7-3-2-4-11-6-7/h2-4,6,8,10H,5H2,1H3,(H,12,13)/t8-/m1/s1. The van der Waals surface area contributed by atoms with Gasteiger partial charge in [-0.15, -0.1) is 0 Å². The largest absolute Gasteiger partial charge is 0.480 e. The number of likely N-dealkylation sites (N-methyl/N-ethyl adjacent to an activating group) is 1. The third kappa shape index (κ3) is 2.83. The molecule has 0 saturated heterocycles. The van der Waals surface area contributed by atoms with E-state index in [2.05, 4.69) is 10.3 Å². The van der Waals surface area contributed by atoms with Crippen molar-refractivity contribution >= 4 is 5.97 Å². The van der Waals surface area contributed by atoms with Crippen LogP contribution in [0.2, 0.25) is 0 Å². The Morgan fingerprint density at radius 3 is 3.00 bits per heavy atom. The van der Waals surface area contributed by atoms with Crippen LogP contribution in [0.4, 0.5) is 0 Å². The molecule has 0 aliphatic carbocycles. The highest BCUT2D eigenvalue weighted by Crippen LogP contribution is 2.00. The summed E-state index contributed by atoms with van der Waals surface area (Å²) in [4.78, 5) is 14.6. The molecule has 0 bridgehead atoms. The van der Waals surface area contributed by atoms with Crippen LogP contribution < -0.4 is 5.32 Å². The molecule has 1 heterocycles. The Morgan fingerprint density at radius 1 is 1.77 bits per heavy atom. The molecule has 4 heteroatoms. The number of hydrogen-bond donors (Lipinski definition) is 2. The molecule has 2 N–H and O–H groups in total. The third-order valence-corrected chi connectivity index (χ3v) is 1.81. The molecule has 1 aromatic heterocycles. The molecule has 0 spiro atoms. The van der Waals surface area contributed by atoms with Crippen LogP contribution in [0, 0.1) is 0 Å². The average molecular weight is 180 g/mol. The molecular weight excluding hydrogens is 168 g/mol. The van der Waals surface area contributed by atoms with Crippen molar-refractivity contribution in [3.63, 3.8) is 0 Å². The Morgan fingerprint density at radius 2 is 2.54 bits per heavy atom. The minimum atomic E-state index is -0.841. The van der Waals surface area contributed by atoms with Crippen LogP contribution in [0.3, 0.4) is 0 Å². The van der Waals surface area contributed by atoms with Crippen LogP contribution in [0.15, 0.2) is 24.5 Å². The summed E-state index contributed by atoms with van der Waals surface area (Å²) < 4.78 is 0. The van der Waals surface area contributed by atoms with Crippen molar-refractivity contribution in [2.24, 2.45) is 0 Å². The summed E-state index contributed by atoms with van der Waals surface area (Å²) in [5, 5.41) is 11.5. The van der Waals surface area contributed by atoms with Crippen molar-refractivity contribution in [2.45, 2.75) is 12.5 Å². The topological polar surface area (TPSA) is 62.2 Å². The summed E-state index contributed by atoms with van der Waals surface area (Å²) in [6.07, 6.45) is 3.80. The van der Waals surface area contributed by atoms with Gasteiger partial charge in [0, 0.05) is 12.4 Å². The van der Waals surface area contributed by atoms with E-state index in [4.69, 9.17) is 5.11 Å². The molecule has 0 amide bonds. The highest BCUT2D eigenvalue weighted by atomic mass is 16.4. The summed E-state index contributed by atoms with van der Waals surface area (Å²) >= 11 is 0. The van der Waals surface area contributed by atoms with E-state index in [0.29, 0.717) is 6.42 Å². The van der Waals surface area contributed by atoms with Gasteiger partial charge in [0.15, 0.2) is 0 Å². The number of pyridine rings is 1. The highest BCUT2D eigenvalue weighted by Gasteiger charge is 2.14. The van der Waals surface area contributed by atoms with Gasteiger partial charge in [-0.25, -0.2) is 0 Å². The second kappa shape index (κ2) is 4.57. The van der Waals surface area contributed by atoms with E-state index in [9.17, 15) is 4.79 Å². The monoisotopic (exact) mass is 180 g/mol. The van der Waals surface area contributed by atoms with Gasteiger partial charge in [-0.05, 0) is 25.1 Å². The molecule has 1 rings (SSSR count). The number of carboxylic acid groups (broad SMARTS) is 1. The third-order valence-electron chi connectivity index (χ3n) is 1.81. The van der Waals surface area contributed by atoms with Crippen molar-refractivity contribution in [1.29, 1.82) is 0 Å². The normalized spacial score (nSPS) is 12.4. The number of nitrogens with one attached hydrogen (secondary N) is 1. The van der Waals surface area contributed by atoms with Crippen molar-refractivity contribution in [2.75, 3.05) is 7.05 Å². The van der Waals surface area contributed by atoms with Gasteiger partial charge in [0.05, 0.1) is 0 Å². The molecule has 0 unspecified atom stereocenters. The van der Waals surface area contributed by atoms with Gasteiger partial charge in [0.1, 0.15) is 6.04 Å². The van der Waals surface area contributed by atoms with Crippen molar-refractivity contribution in [3.05, 3.63) is 30.1 Å². The lowest BCUT2D eigenvalue weighted by Gasteiger charge is -2.09. The van der Waals surface area contributed by atoms with E-state index < -0.39 is 12.0 Å². The molecule has 0 fully saturated rings. The van der Waals surface area contributed by atoms with Crippen LogP contribution in [-0.4, -0.2) is 29.1 Å². The summed E-state index contributed by atoms with van der Waals surface area (Å²) in [7, 11) is 1.63. The first-order chi connectivity index (χ1) is 6.24. The molecule has 0 radical (unpaired) electrons. The maximum atomic E-state index is 10.7. The van der Waals surface area contributed by atoms with Gasteiger partial charge in [-0.3, -0.25) is 9.78 Å². The van der Waals surface area contributed by atoms with E-state index in [-0.39, 0.29) is 0 Å². The molecule has 1 aromatic rings. The van der Waals surface area contributed by atoms with Gasteiger partial charge >= 0.3 is 5.97 Å². The fourth-order valence-electron chi connectivity index (χ4n) is 1.07. The van der Waals surface area contributed by atoms with E-state index in [0.717, 1.165) is 5.56 Å². The lowest BCUT2D eigenvalue weighted by atomic mass is 10.1. The molecule has 0 aliphatic rings. The predicted octanol–water partition coefficient (Wildman–Crippen LogP) is 0.297. The second-order valence-corrected chi connectivity index (χ2v) is 2.74. The lowest BCUT2D eigenvalue weighted by Crippen LogP contribution is -2.35. The quantitative estimate of drug-likeness (QED) is 0.699. The number of aliphatic carboxylic acids is 1. The number of carboxylic acids is 1. The Balaban J connectivity index is 2.62. The number of nitrogens with zero attached hydrogens (tertiary/aromatic N) is 1. The number of carbonyl (C=O) groups is 1. The van der Waals surface area contributed by atoms with E-state index in [1.807, 2.05) is 6.07 Å². The average Bonchev–Trinajstić information content (AvgIpc) is 2.15. The second-order valence-electron chi connectivity index (χ2n) is 2.74. The number of hydrogen-bond acceptors (Lipinski definition) is 3. The van der Waals surface area contributed by atoms with Crippen molar-refractivity contribution in [1.82, 2.24) is 10.3 Å². The Labute approximate surface area is 76.6 Å². The zero-order valence-corrected chi connectivity index (χ0v) is 7.40. The van der Waals surface area contributed by atoms with Crippen LogP contribution in [0.5, 0.6) is 0 Å².